The number of ketones is 1. The molecule has 23 heavy (non-hydrogen) atoms. The van der Waals surface area contributed by atoms with Crippen molar-refractivity contribution in [2.75, 3.05) is 0 Å². The Balaban J connectivity index is 2.04. The number of rotatable bonds is 5. The number of H-pyrrole nitrogens is 1. The van der Waals surface area contributed by atoms with Crippen LogP contribution in [0.25, 0.3) is 0 Å². The molecule has 2 aromatic rings. The predicted octanol–water partition coefficient (Wildman–Crippen LogP) is 2.12. The van der Waals surface area contributed by atoms with Crippen LogP contribution >= 0.6 is 0 Å². The van der Waals surface area contributed by atoms with Gasteiger partial charge in [0, 0.05) is 0 Å². The Kier molecular flexibility index (Phi) is 4.95. The smallest absolute Gasteiger partial charge is 0.356 e. The van der Waals surface area contributed by atoms with E-state index >= 15 is 0 Å². The minimum absolute atomic E-state index is 0.0642. The van der Waals surface area contributed by atoms with Crippen molar-refractivity contribution in [3.05, 3.63) is 53.6 Å². The van der Waals surface area contributed by atoms with Gasteiger partial charge in [-0.05, 0) is 32.8 Å². The largest absolute Gasteiger partial charge is 0.455 e. The average Bonchev–Trinajstić information content (AvgIpc) is 2.95. The number of nitrogens with two attached hydrogens (primary N) is 1. The Morgan fingerprint density at radius 3 is 2.52 bits per heavy atom. The van der Waals surface area contributed by atoms with Crippen LogP contribution < -0.4 is 5.73 Å². The molecule has 1 aromatic carbocycles. The molecular formula is C17H21N3O3. The zero-order valence-corrected chi connectivity index (χ0v) is 13.5. The topological polar surface area (TPSA) is 98.1 Å². The highest BCUT2D eigenvalue weighted by atomic mass is 16.6. The summed E-state index contributed by atoms with van der Waals surface area (Å²) >= 11 is 0. The SMILES string of the molecule is CC(C)(C)OC(=O)c1cnc(C(=O)[C@@H](N)Cc2ccccc2)[nH]1. The van der Waals surface area contributed by atoms with Gasteiger partial charge in [-0.2, -0.15) is 0 Å². The third-order valence-electron chi connectivity index (χ3n) is 3.06. The van der Waals surface area contributed by atoms with Gasteiger partial charge < -0.3 is 15.5 Å². The first kappa shape index (κ1) is 16.9. The van der Waals surface area contributed by atoms with Gasteiger partial charge in [0.15, 0.2) is 5.82 Å². The number of nitrogens with one attached hydrogen (secondary N) is 1. The molecule has 0 saturated heterocycles. The molecule has 3 N–H and O–H groups in total. The zero-order chi connectivity index (χ0) is 17.0. The Bertz CT molecular complexity index is 687. The lowest BCUT2D eigenvalue weighted by Crippen LogP contribution is -2.33. The van der Waals surface area contributed by atoms with Gasteiger partial charge in [0.05, 0.1) is 12.2 Å². The fraction of sp³-hybridized carbons (Fsp3) is 0.353. The normalized spacial score (nSPS) is 12.7. The first-order valence-electron chi connectivity index (χ1n) is 7.38. The second-order valence-corrected chi connectivity index (χ2v) is 6.31. The molecule has 0 saturated carbocycles. The fourth-order valence-corrected chi connectivity index (χ4v) is 2.02. The van der Waals surface area contributed by atoms with Gasteiger partial charge in [0.2, 0.25) is 5.78 Å². The Labute approximate surface area is 135 Å². The van der Waals surface area contributed by atoms with E-state index in [2.05, 4.69) is 9.97 Å². The standard InChI is InChI=1S/C17H21N3O3/c1-17(2,3)23-16(22)13-10-19-15(20-13)14(21)12(18)9-11-7-5-4-6-8-11/h4-8,10,12H,9,18H2,1-3H3,(H,19,20)/t12-/m0/s1. The molecule has 122 valence electrons. The van der Waals surface area contributed by atoms with E-state index in [0.717, 1.165) is 5.56 Å². The van der Waals surface area contributed by atoms with Crippen molar-refractivity contribution < 1.29 is 14.3 Å². The van der Waals surface area contributed by atoms with Crippen LogP contribution in [0.5, 0.6) is 0 Å². The van der Waals surface area contributed by atoms with Crippen molar-refractivity contribution in [3.8, 4) is 0 Å². The number of aromatic nitrogens is 2. The molecule has 6 heteroatoms. The molecule has 1 heterocycles. The molecule has 0 aliphatic heterocycles. The lowest BCUT2D eigenvalue weighted by molar-refractivity contribution is 0.00634. The van der Waals surface area contributed by atoms with Gasteiger partial charge in [-0.3, -0.25) is 4.79 Å². The maximum atomic E-state index is 12.3. The number of carbonyl (C=O) groups is 2. The number of carbonyl (C=O) groups excluding carboxylic acids is 2. The third-order valence-corrected chi connectivity index (χ3v) is 3.06. The van der Waals surface area contributed by atoms with Crippen LogP contribution in [-0.2, 0) is 11.2 Å². The van der Waals surface area contributed by atoms with Gasteiger partial charge in [-0.15, -0.1) is 0 Å². The van der Waals surface area contributed by atoms with Gasteiger partial charge in [-0.1, -0.05) is 30.3 Å². The first-order valence-corrected chi connectivity index (χ1v) is 7.38. The van der Waals surface area contributed by atoms with Crippen molar-refractivity contribution >= 4 is 11.8 Å². The molecule has 0 fully saturated rings. The molecule has 1 atom stereocenters. The van der Waals surface area contributed by atoms with Gasteiger partial charge in [-0.25, -0.2) is 9.78 Å². The summed E-state index contributed by atoms with van der Waals surface area (Å²) in [4.78, 5) is 30.9. The summed E-state index contributed by atoms with van der Waals surface area (Å²) in [6.07, 6.45) is 1.69. The van der Waals surface area contributed by atoms with Crippen molar-refractivity contribution in [3.63, 3.8) is 0 Å². The number of Topliss-reactive ketones (excluding diaryl/α,β-unsaturated/α-hetero) is 1. The van der Waals surface area contributed by atoms with Crippen LogP contribution in [0.15, 0.2) is 36.5 Å². The van der Waals surface area contributed by atoms with E-state index in [1.165, 1.54) is 6.20 Å². The van der Waals surface area contributed by atoms with Gasteiger partial charge >= 0.3 is 5.97 Å². The van der Waals surface area contributed by atoms with Crippen molar-refractivity contribution in [1.29, 1.82) is 0 Å². The maximum absolute atomic E-state index is 12.3. The van der Waals surface area contributed by atoms with E-state index in [4.69, 9.17) is 10.5 Å². The lowest BCUT2D eigenvalue weighted by Gasteiger charge is -2.18. The molecule has 0 bridgehead atoms. The molecule has 2 rings (SSSR count). The number of imidazole rings is 1. The van der Waals surface area contributed by atoms with E-state index in [1.54, 1.807) is 20.8 Å². The van der Waals surface area contributed by atoms with E-state index in [0.29, 0.717) is 6.42 Å². The molecule has 0 radical (unpaired) electrons. The first-order chi connectivity index (χ1) is 10.8. The number of nitrogens with zero attached hydrogens (tertiary/aromatic N) is 1. The van der Waals surface area contributed by atoms with Crippen LogP contribution in [0.2, 0.25) is 0 Å². The highest BCUT2D eigenvalue weighted by Crippen LogP contribution is 2.12. The summed E-state index contributed by atoms with van der Waals surface area (Å²) in [5.41, 5.74) is 6.43. The van der Waals surface area contributed by atoms with Crippen molar-refractivity contribution in [1.82, 2.24) is 9.97 Å². The van der Waals surface area contributed by atoms with E-state index in [-0.39, 0.29) is 17.3 Å². The van der Waals surface area contributed by atoms with E-state index in [1.807, 2.05) is 30.3 Å². The molecule has 1 aromatic heterocycles. The molecule has 0 aliphatic rings. The predicted molar refractivity (Wildman–Crippen MR) is 86.2 cm³/mol. The molecule has 0 aliphatic carbocycles. The molecule has 0 unspecified atom stereocenters. The highest BCUT2D eigenvalue weighted by Gasteiger charge is 2.23. The van der Waals surface area contributed by atoms with Crippen LogP contribution in [0, 0.1) is 0 Å². The quantitative estimate of drug-likeness (QED) is 0.650. The van der Waals surface area contributed by atoms with Crippen LogP contribution in [0.4, 0.5) is 0 Å². The minimum atomic E-state index is -0.727. The van der Waals surface area contributed by atoms with Gasteiger partial charge in [0.1, 0.15) is 11.3 Å². The Hall–Kier alpha value is -2.47. The monoisotopic (exact) mass is 315 g/mol. The second-order valence-electron chi connectivity index (χ2n) is 6.31. The summed E-state index contributed by atoms with van der Waals surface area (Å²) in [5, 5.41) is 0. The Morgan fingerprint density at radius 2 is 1.91 bits per heavy atom. The maximum Gasteiger partial charge on any atom is 0.356 e. The minimum Gasteiger partial charge on any atom is -0.455 e. The van der Waals surface area contributed by atoms with Gasteiger partial charge in [0.25, 0.3) is 0 Å². The summed E-state index contributed by atoms with van der Waals surface area (Å²) in [6.45, 7) is 5.30. The fourth-order valence-electron chi connectivity index (χ4n) is 2.02. The van der Waals surface area contributed by atoms with E-state index < -0.39 is 17.6 Å². The number of esters is 1. The highest BCUT2D eigenvalue weighted by molar-refractivity contribution is 5.98. The molecular weight excluding hydrogens is 294 g/mol. The van der Waals surface area contributed by atoms with Crippen molar-refractivity contribution in [2.45, 2.75) is 38.8 Å². The summed E-state index contributed by atoms with van der Waals surface area (Å²) in [5.74, 6) is -0.835. The third kappa shape index (κ3) is 4.75. The Morgan fingerprint density at radius 1 is 1.26 bits per heavy atom. The number of hydrogen-bond donors (Lipinski definition) is 2. The summed E-state index contributed by atoms with van der Waals surface area (Å²) < 4.78 is 5.22. The van der Waals surface area contributed by atoms with Crippen LogP contribution in [0.3, 0.4) is 0 Å². The number of hydrogen-bond acceptors (Lipinski definition) is 5. The second kappa shape index (κ2) is 6.75. The van der Waals surface area contributed by atoms with Crippen LogP contribution in [0.1, 0.15) is 47.4 Å². The summed E-state index contributed by atoms with van der Waals surface area (Å²) in [7, 11) is 0. The lowest BCUT2D eigenvalue weighted by atomic mass is 10.0. The number of benzene rings is 1. The zero-order valence-electron chi connectivity index (χ0n) is 13.5. The molecule has 0 spiro atoms. The summed E-state index contributed by atoms with van der Waals surface area (Å²) in [6, 6.07) is 8.76. The van der Waals surface area contributed by atoms with Crippen molar-refractivity contribution in [2.24, 2.45) is 5.73 Å². The average molecular weight is 315 g/mol. The molecule has 0 amide bonds. The molecule has 6 nitrogen and oxygen atoms in total. The van der Waals surface area contributed by atoms with Crippen LogP contribution in [-0.4, -0.2) is 33.4 Å². The van der Waals surface area contributed by atoms with E-state index in [9.17, 15) is 9.59 Å². The number of aromatic amines is 1. The number of ether oxygens (including phenoxy) is 1.